The average Bonchev–Trinajstić information content (AvgIpc) is 3.17. The molecule has 0 aliphatic carbocycles. The first-order valence-corrected chi connectivity index (χ1v) is 11.6. The lowest BCUT2D eigenvalue weighted by molar-refractivity contribution is 0.0969. The van der Waals surface area contributed by atoms with E-state index in [0.29, 0.717) is 28.7 Å². The summed E-state index contributed by atoms with van der Waals surface area (Å²) < 4.78 is 17.4. The molecule has 0 radical (unpaired) electrons. The third-order valence-electron chi connectivity index (χ3n) is 5.86. The molecule has 1 aliphatic heterocycles. The molecule has 2 aromatic heterocycles. The number of unbranched alkanes of at least 4 members (excludes halogenated alkanes) is 1. The predicted octanol–water partition coefficient (Wildman–Crippen LogP) is 5.17. The molecular formula is C26H22ClN3O5. The van der Waals surface area contributed by atoms with Crippen molar-refractivity contribution in [1.29, 1.82) is 0 Å². The third kappa shape index (κ3) is 4.00. The topological polar surface area (TPSA) is 94.8 Å². The zero-order chi connectivity index (χ0) is 24.5. The molecule has 5 rings (SSSR count). The minimum Gasteiger partial charge on any atom is -0.493 e. The largest absolute Gasteiger partial charge is 0.493 e. The number of anilines is 1. The van der Waals surface area contributed by atoms with Crippen molar-refractivity contribution in [2.24, 2.45) is 0 Å². The number of hydrogen-bond acceptors (Lipinski definition) is 7. The first-order valence-electron chi connectivity index (χ1n) is 11.2. The van der Waals surface area contributed by atoms with Crippen LogP contribution in [0.5, 0.6) is 11.5 Å². The first kappa shape index (κ1) is 22.9. The van der Waals surface area contributed by atoms with Crippen molar-refractivity contribution >= 4 is 34.4 Å². The van der Waals surface area contributed by atoms with Crippen LogP contribution in [0, 0.1) is 0 Å². The molecule has 9 heteroatoms. The smallest absolute Gasteiger partial charge is 0.297 e. The summed E-state index contributed by atoms with van der Waals surface area (Å²) in [5.41, 5.74) is 0.748. The number of ether oxygens (including phenoxy) is 2. The second-order valence-electron chi connectivity index (χ2n) is 8.05. The van der Waals surface area contributed by atoms with Gasteiger partial charge in [0.25, 0.3) is 5.91 Å². The number of fused-ring (bicyclic) bond motifs is 2. The monoisotopic (exact) mass is 491 g/mol. The van der Waals surface area contributed by atoms with Gasteiger partial charge in [0.05, 0.1) is 30.7 Å². The minimum absolute atomic E-state index is 0.0514. The van der Waals surface area contributed by atoms with E-state index in [1.807, 2.05) is 0 Å². The van der Waals surface area contributed by atoms with Crippen LogP contribution in [0.4, 0.5) is 5.95 Å². The number of halogens is 1. The SMILES string of the molecule is CCCCOc1ccc(C2c3c(oc4ccc(Cl)cc4c3=O)C(=O)N2c2ncccn2)cc1OC. The van der Waals surface area contributed by atoms with Gasteiger partial charge in [-0.2, -0.15) is 0 Å². The highest BCUT2D eigenvalue weighted by Gasteiger charge is 2.45. The maximum atomic E-state index is 13.7. The maximum absolute atomic E-state index is 13.7. The predicted molar refractivity (Wildman–Crippen MR) is 132 cm³/mol. The molecule has 0 N–H and O–H groups in total. The maximum Gasteiger partial charge on any atom is 0.297 e. The Kier molecular flexibility index (Phi) is 6.13. The van der Waals surface area contributed by atoms with E-state index in [9.17, 15) is 9.59 Å². The number of hydrogen-bond donors (Lipinski definition) is 0. The zero-order valence-electron chi connectivity index (χ0n) is 19.2. The highest BCUT2D eigenvalue weighted by atomic mass is 35.5. The number of nitrogens with zero attached hydrogens (tertiary/aromatic N) is 3. The fraction of sp³-hybridized carbons (Fsp3) is 0.231. The Morgan fingerprint density at radius 2 is 1.89 bits per heavy atom. The molecule has 0 saturated heterocycles. The third-order valence-corrected chi connectivity index (χ3v) is 6.09. The zero-order valence-corrected chi connectivity index (χ0v) is 19.9. The van der Waals surface area contributed by atoms with Gasteiger partial charge in [0, 0.05) is 17.4 Å². The Bertz CT molecular complexity index is 1470. The number of aromatic nitrogens is 2. The Labute approximate surface area is 206 Å². The van der Waals surface area contributed by atoms with E-state index < -0.39 is 11.9 Å². The highest BCUT2D eigenvalue weighted by molar-refractivity contribution is 6.31. The Hall–Kier alpha value is -3.91. The lowest BCUT2D eigenvalue weighted by atomic mass is 9.98. The number of rotatable bonds is 7. The number of methoxy groups -OCH3 is 1. The van der Waals surface area contributed by atoms with Crippen LogP contribution >= 0.6 is 11.6 Å². The van der Waals surface area contributed by atoms with E-state index in [2.05, 4.69) is 16.9 Å². The summed E-state index contributed by atoms with van der Waals surface area (Å²) in [7, 11) is 1.54. The van der Waals surface area contributed by atoms with Gasteiger partial charge in [-0.3, -0.25) is 14.5 Å². The number of benzene rings is 2. The molecule has 8 nitrogen and oxygen atoms in total. The Balaban J connectivity index is 1.71. The summed E-state index contributed by atoms with van der Waals surface area (Å²) in [6.45, 7) is 2.64. The Morgan fingerprint density at radius 3 is 2.63 bits per heavy atom. The van der Waals surface area contributed by atoms with Gasteiger partial charge in [-0.05, 0) is 48.4 Å². The summed E-state index contributed by atoms with van der Waals surface area (Å²) in [5, 5.41) is 0.681. The van der Waals surface area contributed by atoms with Crippen LogP contribution in [0.1, 0.15) is 47.5 Å². The molecule has 3 heterocycles. The van der Waals surface area contributed by atoms with Crippen LogP contribution in [0.2, 0.25) is 5.02 Å². The minimum atomic E-state index is -0.835. The van der Waals surface area contributed by atoms with Crippen LogP contribution in [0.3, 0.4) is 0 Å². The molecule has 1 unspecified atom stereocenters. The van der Waals surface area contributed by atoms with E-state index >= 15 is 0 Å². The molecule has 0 fully saturated rings. The molecule has 0 bridgehead atoms. The molecule has 1 aliphatic rings. The molecule has 4 aromatic rings. The molecule has 0 spiro atoms. The number of carbonyl (C=O) groups excluding carboxylic acids is 1. The van der Waals surface area contributed by atoms with Gasteiger partial charge in [0.1, 0.15) is 5.58 Å². The molecule has 2 aromatic carbocycles. The van der Waals surface area contributed by atoms with Gasteiger partial charge in [-0.25, -0.2) is 9.97 Å². The van der Waals surface area contributed by atoms with Crippen molar-refractivity contribution in [3.63, 3.8) is 0 Å². The summed E-state index contributed by atoms with van der Waals surface area (Å²) in [6, 6.07) is 10.9. The first-order chi connectivity index (χ1) is 17.0. The molecule has 1 atom stereocenters. The average molecular weight is 492 g/mol. The van der Waals surface area contributed by atoms with E-state index in [4.69, 9.17) is 25.5 Å². The van der Waals surface area contributed by atoms with Gasteiger partial charge in [0.15, 0.2) is 16.9 Å². The van der Waals surface area contributed by atoms with Crippen molar-refractivity contribution in [2.45, 2.75) is 25.8 Å². The second kappa shape index (κ2) is 9.38. The van der Waals surface area contributed by atoms with Crippen LogP contribution in [-0.2, 0) is 0 Å². The molecule has 0 saturated carbocycles. The summed E-state index contributed by atoms with van der Waals surface area (Å²) in [5.74, 6) is 0.658. The van der Waals surface area contributed by atoms with E-state index in [-0.39, 0.29) is 33.7 Å². The molecular weight excluding hydrogens is 470 g/mol. The van der Waals surface area contributed by atoms with Crippen molar-refractivity contribution in [2.75, 3.05) is 18.6 Å². The van der Waals surface area contributed by atoms with Crippen molar-refractivity contribution < 1.29 is 18.7 Å². The second-order valence-corrected chi connectivity index (χ2v) is 8.49. The molecule has 178 valence electrons. The quantitative estimate of drug-likeness (QED) is 0.329. The van der Waals surface area contributed by atoms with Crippen LogP contribution in [0.15, 0.2) is 64.1 Å². The van der Waals surface area contributed by atoms with Crippen molar-refractivity contribution in [3.8, 4) is 11.5 Å². The van der Waals surface area contributed by atoms with Gasteiger partial charge in [0.2, 0.25) is 11.7 Å². The van der Waals surface area contributed by atoms with Crippen LogP contribution in [0.25, 0.3) is 11.0 Å². The lowest BCUT2D eigenvalue weighted by Crippen LogP contribution is -2.31. The van der Waals surface area contributed by atoms with Crippen molar-refractivity contribution in [1.82, 2.24) is 9.97 Å². The normalized spacial score (nSPS) is 14.9. The van der Waals surface area contributed by atoms with Gasteiger partial charge < -0.3 is 13.9 Å². The highest BCUT2D eigenvalue weighted by Crippen LogP contribution is 2.42. The van der Waals surface area contributed by atoms with E-state index in [1.54, 1.807) is 43.5 Å². The van der Waals surface area contributed by atoms with Crippen LogP contribution in [-0.4, -0.2) is 29.6 Å². The van der Waals surface area contributed by atoms with Gasteiger partial charge in [-0.15, -0.1) is 0 Å². The lowest BCUT2D eigenvalue weighted by Gasteiger charge is -2.23. The number of carbonyl (C=O) groups is 1. The van der Waals surface area contributed by atoms with E-state index in [1.165, 1.54) is 23.4 Å². The van der Waals surface area contributed by atoms with Crippen molar-refractivity contribution in [3.05, 3.63) is 87.0 Å². The molecule has 1 amide bonds. The summed E-state index contributed by atoms with van der Waals surface area (Å²) in [4.78, 5) is 37.1. The Morgan fingerprint density at radius 1 is 1.09 bits per heavy atom. The van der Waals surface area contributed by atoms with Gasteiger partial charge >= 0.3 is 0 Å². The molecule has 35 heavy (non-hydrogen) atoms. The van der Waals surface area contributed by atoms with Crippen LogP contribution < -0.4 is 19.8 Å². The van der Waals surface area contributed by atoms with Gasteiger partial charge in [-0.1, -0.05) is 31.0 Å². The summed E-state index contributed by atoms with van der Waals surface area (Å²) >= 11 is 6.15. The fourth-order valence-corrected chi connectivity index (χ4v) is 4.35. The fourth-order valence-electron chi connectivity index (χ4n) is 4.18. The van der Waals surface area contributed by atoms with E-state index in [0.717, 1.165) is 12.8 Å². The summed E-state index contributed by atoms with van der Waals surface area (Å²) in [6.07, 6.45) is 4.98. The number of amides is 1. The standard InChI is InChI=1S/C26H22ClN3O5/c1-3-4-12-34-19-8-6-15(13-20(19)33-2)22-21-23(31)17-14-16(27)7-9-18(17)35-24(21)25(32)30(22)26-28-10-5-11-29-26/h5-11,13-14,22H,3-4,12H2,1-2H3.